The molecule has 0 radical (unpaired) electrons. The van der Waals surface area contributed by atoms with E-state index in [1.807, 2.05) is 6.20 Å². The zero-order valence-electron chi connectivity index (χ0n) is 17.3. The lowest BCUT2D eigenvalue weighted by atomic mass is 9.95. The fourth-order valence-electron chi connectivity index (χ4n) is 4.33. The Morgan fingerprint density at radius 1 is 1.29 bits per heavy atom. The highest BCUT2D eigenvalue weighted by Gasteiger charge is 2.29. The van der Waals surface area contributed by atoms with E-state index in [2.05, 4.69) is 16.8 Å². The average Bonchev–Trinajstić information content (AvgIpc) is 3.13. The van der Waals surface area contributed by atoms with Gasteiger partial charge < -0.3 is 15.5 Å². The molecule has 0 saturated heterocycles. The monoisotopic (exact) mass is 449 g/mol. The van der Waals surface area contributed by atoms with Crippen LogP contribution in [0.25, 0.3) is 10.9 Å². The smallest absolute Gasteiger partial charge is 0.249 e. The van der Waals surface area contributed by atoms with Gasteiger partial charge in [-0.15, -0.1) is 12.4 Å². The summed E-state index contributed by atoms with van der Waals surface area (Å²) in [6.45, 7) is 4.03. The molecule has 0 saturated carbocycles. The third-order valence-corrected chi connectivity index (χ3v) is 5.88. The molecule has 1 amide bonds. The average molecular weight is 450 g/mol. The lowest BCUT2D eigenvalue weighted by Gasteiger charge is -2.35. The van der Waals surface area contributed by atoms with Gasteiger partial charge in [0.25, 0.3) is 0 Å². The number of aromatic nitrogens is 1. The first kappa shape index (κ1) is 23.0. The van der Waals surface area contributed by atoms with Crippen LogP contribution in [-0.2, 0) is 12.8 Å². The largest absolute Gasteiger partial charge is 0.489 e. The zero-order chi connectivity index (χ0) is 21.3. The summed E-state index contributed by atoms with van der Waals surface area (Å²) in [7, 11) is 0. The number of halogens is 3. The molecular formula is C23H26ClF2N3O2. The summed E-state index contributed by atoms with van der Waals surface area (Å²) in [5, 5.41) is 0.912. The number of carbonyl (C=O) groups is 1. The maximum absolute atomic E-state index is 14.1. The number of hydrogen-bond donors (Lipinski definition) is 2. The summed E-state index contributed by atoms with van der Waals surface area (Å²) in [6.07, 6.45) is 4.14. The van der Waals surface area contributed by atoms with Crippen molar-refractivity contribution in [3.05, 3.63) is 64.9 Å². The van der Waals surface area contributed by atoms with Crippen LogP contribution in [0, 0.1) is 11.6 Å². The topological polar surface area (TPSA) is 71.3 Å². The number of nitrogens with two attached hydrogens (primary N) is 1. The van der Waals surface area contributed by atoms with Crippen LogP contribution in [0.4, 0.5) is 8.78 Å². The van der Waals surface area contributed by atoms with Crippen LogP contribution in [0.15, 0.2) is 36.5 Å². The van der Waals surface area contributed by atoms with Crippen molar-refractivity contribution in [2.45, 2.75) is 32.2 Å². The molecule has 5 nitrogen and oxygen atoms in total. The van der Waals surface area contributed by atoms with Crippen LogP contribution in [0.2, 0.25) is 0 Å². The van der Waals surface area contributed by atoms with Crippen molar-refractivity contribution in [2.75, 3.05) is 19.7 Å². The van der Waals surface area contributed by atoms with Gasteiger partial charge in [0.15, 0.2) is 11.6 Å². The van der Waals surface area contributed by atoms with Gasteiger partial charge in [-0.25, -0.2) is 8.78 Å². The first-order chi connectivity index (χ1) is 14.5. The minimum atomic E-state index is -0.579. The molecule has 0 fully saturated rings. The number of primary amides is 1. The van der Waals surface area contributed by atoms with Gasteiger partial charge in [-0.2, -0.15) is 0 Å². The Kier molecular flexibility index (Phi) is 7.18. The van der Waals surface area contributed by atoms with Gasteiger partial charge in [-0.05, 0) is 68.2 Å². The molecule has 31 heavy (non-hydrogen) atoms. The van der Waals surface area contributed by atoms with Crippen LogP contribution < -0.4 is 10.5 Å². The summed E-state index contributed by atoms with van der Waals surface area (Å²) >= 11 is 0. The Balaban J connectivity index is 0.00000272. The number of ether oxygens (including phenoxy) is 1. The predicted molar refractivity (Wildman–Crippen MR) is 119 cm³/mol. The van der Waals surface area contributed by atoms with Crippen molar-refractivity contribution < 1.29 is 18.3 Å². The van der Waals surface area contributed by atoms with E-state index in [4.69, 9.17) is 10.5 Å². The van der Waals surface area contributed by atoms with Gasteiger partial charge in [0, 0.05) is 34.3 Å². The minimum Gasteiger partial charge on any atom is -0.489 e. The SMILES string of the molecule is CCN(CCCc1c[nH]c2ccc(F)cc12)[C@H]1COc2c(F)ccc(C(N)=O)c2C1.Cl. The van der Waals surface area contributed by atoms with E-state index in [-0.39, 0.29) is 30.0 Å². The molecule has 4 rings (SSSR count). The Morgan fingerprint density at radius 3 is 2.84 bits per heavy atom. The number of nitrogens with zero attached hydrogens (tertiary/aromatic N) is 1. The van der Waals surface area contributed by atoms with E-state index in [1.165, 1.54) is 18.2 Å². The number of hydrogen-bond acceptors (Lipinski definition) is 3. The van der Waals surface area contributed by atoms with E-state index in [1.54, 1.807) is 12.1 Å². The molecular weight excluding hydrogens is 424 g/mol. The molecule has 3 aromatic rings. The number of carbonyl (C=O) groups excluding carboxylic acids is 1. The Labute approximate surface area is 186 Å². The normalized spacial score (nSPS) is 15.4. The molecule has 3 N–H and O–H groups in total. The molecule has 166 valence electrons. The summed E-state index contributed by atoms with van der Waals surface area (Å²) in [5.41, 5.74) is 8.35. The molecule has 0 aliphatic carbocycles. The molecule has 2 heterocycles. The van der Waals surface area contributed by atoms with E-state index in [0.717, 1.165) is 42.4 Å². The lowest BCUT2D eigenvalue weighted by molar-refractivity contribution is 0.0987. The van der Waals surface area contributed by atoms with Gasteiger partial charge >= 0.3 is 0 Å². The molecule has 1 aromatic heterocycles. The molecule has 1 aliphatic heterocycles. The van der Waals surface area contributed by atoms with E-state index >= 15 is 0 Å². The van der Waals surface area contributed by atoms with Gasteiger partial charge in [0.05, 0.1) is 0 Å². The number of likely N-dealkylation sites (N-methyl/N-ethyl adjacent to an activating group) is 1. The fourth-order valence-corrected chi connectivity index (χ4v) is 4.33. The van der Waals surface area contributed by atoms with Gasteiger partial charge in [0.1, 0.15) is 12.4 Å². The number of H-pyrrole nitrogens is 1. The second-order valence-corrected chi connectivity index (χ2v) is 7.67. The van der Waals surface area contributed by atoms with E-state index < -0.39 is 11.7 Å². The Hall–Kier alpha value is -2.64. The standard InChI is InChI=1S/C23H25F2N3O2.ClH/c1-2-28(9-3-4-14-12-27-21-8-5-15(24)10-18(14)21)16-11-19-17(23(26)29)6-7-20(25)22(19)30-13-16;/h5-8,10,12,16,27H,2-4,9,11,13H2,1H3,(H2,26,29);1H/t16-;/m1./s1. The lowest BCUT2D eigenvalue weighted by Crippen LogP contribution is -2.44. The summed E-state index contributed by atoms with van der Waals surface area (Å²) in [6, 6.07) is 7.44. The number of rotatable bonds is 7. The molecule has 0 spiro atoms. The molecule has 1 atom stereocenters. The van der Waals surface area contributed by atoms with Crippen molar-refractivity contribution in [2.24, 2.45) is 5.73 Å². The Morgan fingerprint density at radius 2 is 2.10 bits per heavy atom. The van der Waals surface area contributed by atoms with E-state index in [0.29, 0.717) is 24.2 Å². The Bertz CT molecular complexity index is 1090. The maximum Gasteiger partial charge on any atom is 0.249 e. The van der Waals surface area contributed by atoms with Gasteiger partial charge in [-0.1, -0.05) is 6.92 Å². The fraction of sp³-hybridized carbons (Fsp3) is 0.348. The maximum atomic E-state index is 14.1. The number of aryl methyl sites for hydroxylation is 1. The number of nitrogens with one attached hydrogen (secondary N) is 1. The van der Waals surface area contributed by atoms with Crippen LogP contribution in [0.1, 0.15) is 34.8 Å². The van der Waals surface area contributed by atoms with Crippen molar-refractivity contribution in [3.8, 4) is 5.75 Å². The number of aromatic amines is 1. The quantitative estimate of drug-likeness (QED) is 0.567. The summed E-state index contributed by atoms with van der Waals surface area (Å²) < 4.78 is 33.4. The van der Waals surface area contributed by atoms with Crippen LogP contribution in [0.3, 0.4) is 0 Å². The highest BCUT2D eigenvalue weighted by atomic mass is 35.5. The minimum absolute atomic E-state index is 0. The molecule has 0 unspecified atom stereocenters. The van der Waals surface area contributed by atoms with Crippen LogP contribution in [0.5, 0.6) is 5.75 Å². The number of benzene rings is 2. The highest BCUT2D eigenvalue weighted by Crippen LogP contribution is 2.32. The number of amides is 1. The first-order valence-corrected chi connectivity index (χ1v) is 10.2. The molecule has 2 aromatic carbocycles. The van der Waals surface area contributed by atoms with Crippen molar-refractivity contribution in [1.29, 1.82) is 0 Å². The third-order valence-electron chi connectivity index (χ3n) is 5.88. The summed E-state index contributed by atoms with van der Waals surface area (Å²) in [4.78, 5) is 17.2. The molecule has 1 aliphatic rings. The second kappa shape index (κ2) is 9.66. The van der Waals surface area contributed by atoms with Gasteiger partial charge in [-0.3, -0.25) is 9.69 Å². The summed E-state index contributed by atoms with van der Waals surface area (Å²) in [5.74, 6) is -1.15. The molecule has 0 bridgehead atoms. The highest BCUT2D eigenvalue weighted by molar-refractivity contribution is 5.95. The van der Waals surface area contributed by atoms with Crippen LogP contribution in [-0.4, -0.2) is 41.5 Å². The van der Waals surface area contributed by atoms with Crippen molar-refractivity contribution in [3.63, 3.8) is 0 Å². The zero-order valence-corrected chi connectivity index (χ0v) is 18.1. The van der Waals surface area contributed by atoms with Crippen molar-refractivity contribution in [1.82, 2.24) is 9.88 Å². The van der Waals surface area contributed by atoms with Crippen LogP contribution >= 0.6 is 12.4 Å². The predicted octanol–water partition coefficient (Wildman–Crippen LogP) is 4.23. The third kappa shape index (κ3) is 4.67. The number of fused-ring (bicyclic) bond motifs is 2. The van der Waals surface area contributed by atoms with Crippen molar-refractivity contribution >= 4 is 29.2 Å². The molecule has 8 heteroatoms. The van der Waals surface area contributed by atoms with E-state index in [9.17, 15) is 13.6 Å². The van der Waals surface area contributed by atoms with Gasteiger partial charge in [0.2, 0.25) is 5.91 Å². The second-order valence-electron chi connectivity index (χ2n) is 7.67. The first-order valence-electron chi connectivity index (χ1n) is 10.2.